The first-order valence-electron chi connectivity index (χ1n) is 6.72. The van der Waals surface area contributed by atoms with Crippen LogP contribution in [0.5, 0.6) is 0 Å². The van der Waals surface area contributed by atoms with Crippen LogP contribution in [-0.4, -0.2) is 16.8 Å². The van der Waals surface area contributed by atoms with Gasteiger partial charge in [0.1, 0.15) is 0 Å². The highest BCUT2D eigenvalue weighted by atomic mass is 16.3. The van der Waals surface area contributed by atoms with Crippen molar-refractivity contribution in [3.05, 3.63) is 34.9 Å². The molecule has 0 amide bonds. The molecule has 2 rings (SSSR count). The Morgan fingerprint density at radius 1 is 1.06 bits per heavy atom. The first kappa shape index (κ1) is 12.6. The van der Waals surface area contributed by atoms with Gasteiger partial charge >= 0.3 is 0 Å². The van der Waals surface area contributed by atoms with E-state index in [2.05, 4.69) is 18.2 Å². The molecule has 2 N–H and O–H groups in total. The maximum Gasteiger partial charge on any atom is 0.0790 e. The van der Waals surface area contributed by atoms with Gasteiger partial charge in [0.2, 0.25) is 0 Å². The average Bonchev–Trinajstić information content (AvgIpc) is 2.38. The SMILES string of the molecule is OCCCCC(O)c1ccc2c(c1)CCCC2. The molecular formula is C15H22O2. The topological polar surface area (TPSA) is 40.5 Å². The van der Waals surface area contributed by atoms with E-state index in [1.165, 1.54) is 30.4 Å². The van der Waals surface area contributed by atoms with E-state index in [9.17, 15) is 5.11 Å². The predicted octanol–water partition coefficient (Wildman–Crippen LogP) is 2.76. The van der Waals surface area contributed by atoms with Crippen LogP contribution >= 0.6 is 0 Å². The van der Waals surface area contributed by atoms with Crippen molar-refractivity contribution in [1.29, 1.82) is 0 Å². The van der Waals surface area contributed by atoms with Crippen molar-refractivity contribution < 1.29 is 10.2 Å². The summed E-state index contributed by atoms with van der Waals surface area (Å²) in [7, 11) is 0. The summed E-state index contributed by atoms with van der Waals surface area (Å²) in [5.74, 6) is 0. The maximum atomic E-state index is 10.1. The highest BCUT2D eigenvalue weighted by Crippen LogP contribution is 2.26. The molecule has 94 valence electrons. The van der Waals surface area contributed by atoms with Gasteiger partial charge in [0.15, 0.2) is 0 Å². The molecular weight excluding hydrogens is 212 g/mol. The predicted molar refractivity (Wildman–Crippen MR) is 69.0 cm³/mol. The summed E-state index contributed by atoms with van der Waals surface area (Å²) in [6.07, 6.45) is 6.97. The molecule has 1 unspecified atom stereocenters. The number of aryl methyl sites for hydroxylation is 2. The minimum Gasteiger partial charge on any atom is -0.396 e. The fourth-order valence-electron chi connectivity index (χ4n) is 2.58. The minimum atomic E-state index is -0.367. The highest BCUT2D eigenvalue weighted by molar-refractivity contribution is 5.34. The van der Waals surface area contributed by atoms with Gasteiger partial charge in [0, 0.05) is 6.61 Å². The molecule has 1 aliphatic carbocycles. The van der Waals surface area contributed by atoms with Gasteiger partial charge in [-0.1, -0.05) is 18.2 Å². The van der Waals surface area contributed by atoms with Gasteiger partial charge < -0.3 is 10.2 Å². The number of hydrogen-bond acceptors (Lipinski definition) is 2. The summed E-state index contributed by atoms with van der Waals surface area (Å²) < 4.78 is 0. The zero-order valence-electron chi connectivity index (χ0n) is 10.4. The van der Waals surface area contributed by atoms with Gasteiger partial charge in [0.25, 0.3) is 0 Å². The number of unbranched alkanes of at least 4 members (excludes halogenated alkanes) is 1. The fourth-order valence-corrected chi connectivity index (χ4v) is 2.58. The molecule has 0 aliphatic heterocycles. The molecule has 17 heavy (non-hydrogen) atoms. The molecule has 0 aromatic heterocycles. The lowest BCUT2D eigenvalue weighted by Gasteiger charge is -2.18. The lowest BCUT2D eigenvalue weighted by atomic mass is 9.89. The van der Waals surface area contributed by atoms with Crippen molar-refractivity contribution in [3.8, 4) is 0 Å². The molecule has 0 saturated carbocycles. The van der Waals surface area contributed by atoms with Crippen LogP contribution in [0.3, 0.4) is 0 Å². The fraction of sp³-hybridized carbons (Fsp3) is 0.600. The van der Waals surface area contributed by atoms with Crippen LogP contribution in [0.4, 0.5) is 0 Å². The first-order valence-corrected chi connectivity index (χ1v) is 6.72. The van der Waals surface area contributed by atoms with Crippen LogP contribution in [0.25, 0.3) is 0 Å². The Morgan fingerprint density at radius 2 is 1.82 bits per heavy atom. The van der Waals surface area contributed by atoms with Crippen molar-refractivity contribution in [1.82, 2.24) is 0 Å². The summed E-state index contributed by atoms with van der Waals surface area (Å²) in [5.41, 5.74) is 3.93. The number of aliphatic hydroxyl groups is 2. The molecule has 0 radical (unpaired) electrons. The van der Waals surface area contributed by atoms with Crippen molar-refractivity contribution >= 4 is 0 Å². The van der Waals surface area contributed by atoms with Crippen LogP contribution < -0.4 is 0 Å². The first-order chi connectivity index (χ1) is 8.31. The van der Waals surface area contributed by atoms with E-state index in [0.29, 0.717) is 0 Å². The quantitative estimate of drug-likeness (QED) is 0.769. The number of benzene rings is 1. The lowest BCUT2D eigenvalue weighted by Crippen LogP contribution is -2.05. The molecule has 1 aromatic carbocycles. The molecule has 2 heteroatoms. The Bertz CT molecular complexity index is 360. The number of rotatable bonds is 5. The number of fused-ring (bicyclic) bond motifs is 1. The summed E-state index contributed by atoms with van der Waals surface area (Å²) in [6.45, 7) is 0.219. The van der Waals surface area contributed by atoms with Crippen LogP contribution in [-0.2, 0) is 12.8 Å². The van der Waals surface area contributed by atoms with Crippen LogP contribution in [0.2, 0.25) is 0 Å². The van der Waals surface area contributed by atoms with E-state index < -0.39 is 0 Å². The zero-order valence-corrected chi connectivity index (χ0v) is 10.4. The maximum absolute atomic E-state index is 10.1. The average molecular weight is 234 g/mol. The third-order valence-corrected chi connectivity index (χ3v) is 3.64. The summed E-state index contributed by atoms with van der Waals surface area (Å²) in [6, 6.07) is 6.42. The summed E-state index contributed by atoms with van der Waals surface area (Å²) in [4.78, 5) is 0. The minimum absolute atomic E-state index is 0.219. The highest BCUT2D eigenvalue weighted by Gasteiger charge is 2.13. The Labute approximate surface area is 103 Å². The van der Waals surface area contributed by atoms with Crippen molar-refractivity contribution in [3.63, 3.8) is 0 Å². The summed E-state index contributed by atoms with van der Waals surface area (Å²) in [5, 5.41) is 18.8. The number of hydrogen-bond donors (Lipinski definition) is 2. The van der Waals surface area contributed by atoms with Gasteiger partial charge in [-0.2, -0.15) is 0 Å². The Kier molecular flexibility index (Phi) is 4.57. The van der Waals surface area contributed by atoms with E-state index in [4.69, 9.17) is 5.11 Å². The van der Waals surface area contributed by atoms with E-state index in [1.807, 2.05) is 0 Å². The normalized spacial score (nSPS) is 16.6. The third-order valence-electron chi connectivity index (χ3n) is 3.64. The number of aliphatic hydroxyl groups excluding tert-OH is 2. The van der Waals surface area contributed by atoms with Gasteiger partial charge in [-0.3, -0.25) is 0 Å². The van der Waals surface area contributed by atoms with Crippen LogP contribution in [0, 0.1) is 0 Å². The lowest BCUT2D eigenvalue weighted by molar-refractivity contribution is 0.159. The van der Waals surface area contributed by atoms with Gasteiger partial charge in [-0.15, -0.1) is 0 Å². The second-order valence-electron chi connectivity index (χ2n) is 4.97. The molecule has 0 fully saturated rings. The monoisotopic (exact) mass is 234 g/mol. The molecule has 0 saturated heterocycles. The molecule has 0 bridgehead atoms. The molecule has 1 aromatic rings. The van der Waals surface area contributed by atoms with Gasteiger partial charge in [0.05, 0.1) is 6.10 Å². The van der Waals surface area contributed by atoms with Gasteiger partial charge in [-0.25, -0.2) is 0 Å². The zero-order chi connectivity index (χ0) is 12.1. The summed E-state index contributed by atoms with van der Waals surface area (Å²) >= 11 is 0. The van der Waals surface area contributed by atoms with E-state index in [-0.39, 0.29) is 12.7 Å². The van der Waals surface area contributed by atoms with Crippen LogP contribution in [0.1, 0.15) is 54.9 Å². The van der Waals surface area contributed by atoms with E-state index in [0.717, 1.165) is 31.2 Å². The Balaban J connectivity index is 2.00. The van der Waals surface area contributed by atoms with E-state index in [1.54, 1.807) is 0 Å². The van der Waals surface area contributed by atoms with Crippen molar-refractivity contribution in [2.45, 2.75) is 51.0 Å². The largest absolute Gasteiger partial charge is 0.396 e. The smallest absolute Gasteiger partial charge is 0.0790 e. The third kappa shape index (κ3) is 3.30. The standard InChI is InChI=1S/C15H22O2/c16-10-4-3-7-15(17)14-9-8-12-5-1-2-6-13(12)11-14/h8-9,11,15-17H,1-7,10H2. The molecule has 2 nitrogen and oxygen atoms in total. The van der Waals surface area contributed by atoms with Crippen LogP contribution in [0.15, 0.2) is 18.2 Å². The second kappa shape index (κ2) is 6.18. The van der Waals surface area contributed by atoms with Gasteiger partial charge in [-0.05, 0) is 61.6 Å². The Hall–Kier alpha value is -0.860. The molecule has 0 spiro atoms. The van der Waals surface area contributed by atoms with Crippen molar-refractivity contribution in [2.24, 2.45) is 0 Å². The Morgan fingerprint density at radius 3 is 2.59 bits per heavy atom. The second-order valence-corrected chi connectivity index (χ2v) is 4.97. The van der Waals surface area contributed by atoms with E-state index >= 15 is 0 Å². The van der Waals surface area contributed by atoms with Crippen molar-refractivity contribution in [2.75, 3.05) is 6.61 Å². The molecule has 0 heterocycles. The molecule has 1 aliphatic rings. The molecule has 1 atom stereocenters.